The van der Waals surface area contributed by atoms with Gasteiger partial charge in [-0.1, -0.05) is 30.3 Å². The molecule has 11 heteroatoms. The number of esters is 2. The van der Waals surface area contributed by atoms with Crippen molar-refractivity contribution in [3.05, 3.63) is 35.9 Å². The summed E-state index contributed by atoms with van der Waals surface area (Å²) in [5, 5.41) is 4.98. The Balaban J connectivity index is 1.90. The van der Waals surface area contributed by atoms with Crippen molar-refractivity contribution in [3.8, 4) is 0 Å². The minimum absolute atomic E-state index is 0.0858. The molecule has 0 aliphatic rings. The maximum Gasteiger partial charge on any atom is 0.325 e. The van der Waals surface area contributed by atoms with Gasteiger partial charge in [0.25, 0.3) is 0 Å². The van der Waals surface area contributed by atoms with E-state index in [0.29, 0.717) is 0 Å². The highest BCUT2D eigenvalue weighted by molar-refractivity contribution is 5.82. The Bertz CT molecular complexity index is 779. The lowest BCUT2D eigenvalue weighted by molar-refractivity contribution is -0.154. The van der Waals surface area contributed by atoms with Crippen LogP contribution in [-0.4, -0.2) is 82.1 Å². The second-order valence-electron chi connectivity index (χ2n) is 8.33. The first kappa shape index (κ1) is 30.0. The minimum atomic E-state index is -0.555. The first-order valence-electron chi connectivity index (χ1n) is 11.3. The predicted octanol–water partition coefficient (Wildman–Crippen LogP) is 0.744. The van der Waals surface area contributed by atoms with Crippen LogP contribution in [0.2, 0.25) is 0 Å². The highest BCUT2D eigenvalue weighted by atomic mass is 16.6. The van der Waals surface area contributed by atoms with Crippen LogP contribution >= 0.6 is 0 Å². The molecule has 2 N–H and O–H groups in total. The van der Waals surface area contributed by atoms with Gasteiger partial charge >= 0.3 is 11.9 Å². The van der Waals surface area contributed by atoms with Crippen LogP contribution in [0.15, 0.2) is 30.3 Å². The van der Waals surface area contributed by atoms with Gasteiger partial charge in [-0.15, -0.1) is 0 Å². The average molecular weight is 497 g/mol. The van der Waals surface area contributed by atoms with Crippen molar-refractivity contribution < 1.29 is 42.9 Å². The van der Waals surface area contributed by atoms with E-state index in [1.807, 2.05) is 30.3 Å². The van der Waals surface area contributed by atoms with E-state index >= 15 is 0 Å². The van der Waals surface area contributed by atoms with Gasteiger partial charge in [-0.25, -0.2) is 0 Å². The summed E-state index contributed by atoms with van der Waals surface area (Å²) in [7, 11) is 0. The highest BCUT2D eigenvalue weighted by Crippen LogP contribution is 2.07. The third-order valence-electron chi connectivity index (χ3n) is 3.95. The SMILES string of the molecule is CC(C)(C)OC(=O)CCNC(=O)COCCOCCOCC(=O)NCC(=O)OCc1ccccc1. The topological polar surface area (TPSA) is 138 Å². The molecule has 0 aliphatic carbocycles. The van der Waals surface area contributed by atoms with Gasteiger partial charge in [-0.3, -0.25) is 19.2 Å². The molecule has 1 aromatic rings. The second-order valence-corrected chi connectivity index (χ2v) is 8.33. The lowest BCUT2D eigenvalue weighted by atomic mass is 10.2. The van der Waals surface area contributed by atoms with Crippen molar-refractivity contribution in [1.29, 1.82) is 0 Å². The molecule has 0 fully saturated rings. The summed E-state index contributed by atoms with van der Waals surface area (Å²) < 4.78 is 25.8. The Morgan fingerprint density at radius 1 is 0.771 bits per heavy atom. The fourth-order valence-electron chi connectivity index (χ4n) is 2.43. The minimum Gasteiger partial charge on any atom is -0.460 e. The molecule has 0 atom stereocenters. The van der Waals surface area contributed by atoms with E-state index < -0.39 is 17.5 Å². The van der Waals surface area contributed by atoms with Crippen molar-refractivity contribution in [1.82, 2.24) is 10.6 Å². The molecule has 2 amide bonds. The van der Waals surface area contributed by atoms with Crippen LogP contribution in [0.4, 0.5) is 0 Å². The molecular weight excluding hydrogens is 460 g/mol. The van der Waals surface area contributed by atoms with Crippen molar-refractivity contribution >= 4 is 23.8 Å². The molecule has 0 bridgehead atoms. The first-order chi connectivity index (χ1) is 16.7. The maximum atomic E-state index is 11.7. The molecule has 0 unspecified atom stereocenters. The fraction of sp³-hybridized carbons (Fsp3) is 0.583. The number of hydrogen-bond donors (Lipinski definition) is 2. The Kier molecular flexibility index (Phi) is 14.9. The molecule has 0 aromatic heterocycles. The van der Waals surface area contributed by atoms with Crippen molar-refractivity contribution in [2.45, 2.75) is 39.4 Å². The zero-order chi connectivity index (χ0) is 25.9. The van der Waals surface area contributed by atoms with Gasteiger partial charge in [0.15, 0.2) is 0 Å². The van der Waals surface area contributed by atoms with E-state index in [4.69, 9.17) is 23.7 Å². The van der Waals surface area contributed by atoms with Gasteiger partial charge in [0.1, 0.15) is 32.0 Å². The molecule has 0 spiro atoms. The molecule has 11 nitrogen and oxygen atoms in total. The molecule has 0 heterocycles. The predicted molar refractivity (Wildman–Crippen MR) is 125 cm³/mol. The van der Waals surface area contributed by atoms with Gasteiger partial charge in [0, 0.05) is 6.54 Å². The van der Waals surface area contributed by atoms with E-state index in [1.54, 1.807) is 20.8 Å². The number of carbonyl (C=O) groups excluding carboxylic acids is 4. The fourth-order valence-corrected chi connectivity index (χ4v) is 2.43. The number of ether oxygens (including phenoxy) is 5. The molecule has 1 rings (SSSR count). The number of rotatable bonds is 17. The zero-order valence-corrected chi connectivity index (χ0v) is 20.6. The quantitative estimate of drug-likeness (QED) is 0.236. The number of benzene rings is 1. The monoisotopic (exact) mass is 496 g/mol. The molecular formula is C24H36N2O9. The normalized spacial score (nSPS) is 10.9. The second kappa shape index (κ2) is 17.4. The van der Waals surface area contributed by atoms with E-state index in [1.165, 1.54) is 0 Å². The van der Waals surface area contributed by atoms with Crippen LogP contribution in [0.5, 0.6) is 0 Å². The van der Waals surface area contributed by atoms with Crippen LogP contribution in [0.25, 0.3) is 0 Å². The Labute approximate surface area is 205 Å². The van der Waals surface area contributed by atoms with Gasteiger partial charge in [-0.05, 0) is 26.3 Å². The molecule has 0 saturated heterocycles. The summed E-state index contributed by atoms with van der Waals surface area (Å²) in [4.78, 5) is 46.5. The number of nitrogens with one attached hydrogen (secondary N) is 2. The lowest BCUT2D eigenvalue weighted by Crippen LogP contribution is -2.33. The lowest BCUT2D eigenvalue weighted by Gasteiger charge is -2.19. The van der Waals surface area contributed by atoms with Crippen molar-refractivity contribution in [2.75, 3.05) is 52.7 Å². The third-order valence-corrected chi connectivity index (χ3v) is 3.95. The van der Waals surface area contributed by atoms with Crippen molar-refractivity contribution in [2.24, 2.45) is 0 Å². The van der Waals surface area contributed by atoms with Crippen LogP contribution in [0.1, 0.15) is 32.8 Å². The van der Waals surface area contributed by atoms with Crippen LogP contribution in [0.3, 0.4) is 0 Å². The van der Waals surface area contributed by atoms with Crippen LogP contribution in [-0.2, 0) is 49.5 Å². The highest BCUT2D eigenvalue weighted by Gasteiger charge is 2.16. The van der Waals surface area contributed by atoms with Gasteiger partial charge in [0.2, 0.25) is 11.8 Å². The van der Waals surface area contributed by atoms with Gasteiger partial charge in [-0.2, -0.15) is 0 Å². The smallest absolute Gasteiger partial charge is 0.325 e. The largest absolute Gasteiger partial charge is 0.460 e. The Morgan fingerprint density at radius 3 is 1.94 bits per heavy atom. The standard InChI is InChI=1S/C24H36N2O9/c1-24(2,3)35-22(29)9-10-25-20(27)17-32-13-11-31-12-14-33-18-21(28)26-15-23(30)34-16-19-7-5-4-6-8-19/h4-8H,9-18H2,1-3H3,(H,25,27)(H,26,28). The summed E-state index contributed by atoms with van der Waals surface area (Å²) in [6.45, 7) is 5.90. The Morgan fingerprint density at radius 2 is 1.34 bits per heavy atom. The average Bonchev–Trinajstić information content (AvgIpc) is 2.79. The van der Waals surface area contributed by atoms with Gasteiger partial charge < -0.3 is 34.3 Å². The molecule has 35 heavy (non-hydrogen) atoms. The zero-order valence-electron chi connectivity index (χ0n) is 20.6. The van der Waals surface area contributed by atoms with Gasteiger partial charge in [0.05, 0.1) is 32.8 Å². The molecule has 196 valence electrons. The van der Waals surface area contributed by atoms with Crippen LogP contribution < -0.4 is 10.6 Å². The van der Waals surface area contributed by atoms with Crippen LogP contribution in [0, 0.1) is 0 Å². The molecule has 0 radical (unpaired) electrons. The Hall–Kier alpha value is -3.02. The van der Waals surface area contributed by atoms with E-state index in [0.717, 1.165) is 5.56 Å². The number of carbonyl (C=O) groups is 4. The number of hydrogen-bond acceptors (Lipinski definition) is 9. The number of amides is 2. The van der Waals surface area contributed by atoms with E-state index in [-0.39, 0.29) is 77.6 Å². The van der Waals surface area contributed by atoms with E-state index in [2.05, 4.69) is 10.6 Å². The first-order valence-corrected chi connectivity index (χ1v) is 11.3. The third kappa shape index (κ3) is 18.0. The maximum absolute atomic E-state index is 11.7. The molecule has 0 aliphatic heterocycles. The summed E-state index contributed by atoms with van der Waals surface area (Å²) in [6, 6.07) is 9.22. The molecule has 1 aromatic carbocycles. The molecule has 0 saturated carbocycles. The summed E-state index contributed by atoms with van der Waals surface area (Å²) in [5.74, 6) is -1.70. The van der Waals surface area contributed by atoms with E-state index in [9.17, 15) is 19.2 Å². The van der Waals surface area contributed by atoms with Crippen molar-refractivity contribution in [3.63, 3.8) is 0 Å². The summed E-state index contributed by atoms with van der Waals surface area (Å²) in [6.07, 6.45) is 0.0858. The summed E-state index contributed by atoms with van der Waals surface area (Å²) in [5.41, 5.74) is 0.305. The summed E-state index contributed by atoms with van der Waals surface area (Å²) >= 11 is 0.